The molecule has 86 valence electrons. The van der Waals surface area contributed by atoms with Crippen molar-refractivity contribution in [3.63, 3.8) is 0 Å². The van der Waals surface area contributed by atoms with Gasteiger partial charge in [-0.2, -0.15) is 0 Å². The Hall–Kier alpha value is -1.84. The summed E-state index contributed by atoms with van der Waals surface area (Å²) in [6.07, 6.45) is 1.16. The smallest absolute Gasteiger partial charge is 0.356 e. The molecule has 0 aliphatic heterocycles. The molecule has 1 aromatic carbocycles. The van der Waals surface area contributed by atoms with Crippen molar-refractivity contribution < 1.29 is 14.7 Å². The molecule has 1 aromatic rings. The van der Waals surface area contributed by atoms with E-state index in [4.69, 9.17) is 9.94 Å². The molecule has 0 unspecified atom stereocenters. The van der Waals surface area contributed by atoms with Gasteiger partial charge >= 0.3 is 5.97 Å². The van der Waals surface area contributed by atoms with E-state index in [1.165, 1.54) is 0 Å². The number of esters is 1. The molecule has 0 spiro atoms. The van der Waals surface area contributed by atoms with Crippen molar-refractivity contribution >= 4 is 11.7 Å². The Morgan fingerprint density at radius 2 is 2.06 bits per heavy atom. The number of rotatable bonds is 5. The van der Waals surface area contributed by atoms with Crippen LogP contribution in [0.3, 0.4) is 0 Å². The van der Waals surface area contributed by atoms with E-state index in [1.54, 1.807) is 0 Å². The van der Waals surface area contributed by atoms with E-state index in [-0.39, 0.29) is 12.3 Å². The van der Waals surface area contributed by atoms with E-state index < -0.39 is 5.97 Å². The van der Waals surface area contributed by atoms with Gasteiger partial charge in [-0.25, -0.2) is 4.79 Å². The van der Waals surface area contributed by atoms with Crippen molar-refractivity contribution in [2.45, 2.75) is 26.4 Å². The molecule has 1 N–H and O–H groups in total. The zero-order valence-corrected chi connectivity index (χ0v) is 9.22. The van der Waals surface area contributed by atoms with Gasteiger partial charge in [0.05, 0.1) is 0 Å². The van der Waals surface area contributed by atoms with Crippen molar-refractivity contribution in [1.82, 2.24) is 0 Å². The first-order valence-electron chi connectivity index (χ1n) is 5.20. The SMILES string of the molecule is CCCC(=NO)C(=O)OCc1ccccc1. The second kappa shape index (κ2) is 6.61. The summed E-state index contributed by atoms with van der Waals surface area (Å²) in [6.45, 7) is 2.10. The van der Waals surface area contributed by atoms with Gasteiger partial charge in [0, 0.05) is 6.42 Å². The molecule has 0 saturated carbocycles. The number of carbonyl (C=O) groups excluding carboxylic acids is 1. The second-order valence-electron chi connectivity index (χ2n) is 3.36. The molecule has 0 saturated heterocycles. The number of nitrogens with zero attached hydrogens (tertiary/aromatic N) is 1. The fraction of sp³-hybridized carbons (Fsp3) is 0.333. The van der Waals surface area contributed by atoms with Gasteiger partial charge in [-0.05, 0) is 5.56 Å². The molecule has 0 fully saturated rings. The minimum Gasteiger partial charge on any atom is -0.456 e. The van der Waals surface area contributed by atoms with Gasteiger partial charge in [-0.1, -0.05) is 48.8 Å². The van der Waals surface area contributed by atoms with Crippen LogP contribution in [0.15, 0.2) is 35.5 Å². The maximum absolute atomic E-state index is 11.4. The van der Waals surface area contributed by atoms with E-state index in [2.05, 4.69) is 5.16 Å². The van der Waals surface area contributed by atoms with Gasteiger partial charge in [-0.15, -0.1) is 0 Å². The fourth-order valence-electron chi connectivity index (χ4n) is 1.24. The molecule has 0 bridgehead atoms. The molecule has 0 heterocycles. The van der Waals surface area contributed by atoms with Crippen molar-refractivity contribution in [2.75, 3.05) is 0 Å². The van der Waals surface area contributed by atoms with Gasteiger partial charge in [0.15, 0.2) is 5.71 Å². The van der Waals surface area contributed by atoms with Crippen LogP contribution < -0.4 is 0 Å². The Bertz CT molecular complexity index is 360. The van der Waals surface area contributed by atoms with Crippen molar-refractivity contribution in [3.05, 3.63) is 35.9 Å². The minimum atomic E-state index is -0.562. The van der Waals surface area contributed by atoms with Crippen LogP contribution in [0.5, 0.6) is 0 Å². The molecule has 16 heavy (non-hydrogen) atoms. The number of oxime groups is 1. The van der Waals surface area contributed by atoms with Crippen LogP contribution in [0.4, 0.5) is 0 Å². The molecule has 0 aliphatic rings. The normalized spacial score (nSPS) is 11.2. The van der Waals surface area contributed by atoms with Crippen LogP contribution >= 0.6 is 0 Å². The summed E-state index contributed by atoms with van der Waals surface area (Å²) < 4.78 is 5.00. The lowest BCUT2D eigenvalue weighted by atomic mass is 10.2. The average Bonchev–Trinajstić information content (AvgIpc) is 2.34. The van der Waals surface area contributed by atoms with Crippen LogP contribution in [0.1, 0.15) is 25.3 Å². The summed E-state index contributed by atoms with van der Waals surface area (Å²) >= 11 is 0. The molecule has 0 atom stereocenters. The van der Waals surface area contributed by atoms with Gasteiger partial charge < -0.3 is 9.94 Å². The van der Waals surface area contributed by atoms with Gasteiger partial charge in [0.25, 0.3) is 0 Å². The lowest BCUT2D eigenvalue weighted by Crippen LogP contribution is -2.17. The highest BCUT2D eigenvalue weighted by molar-refractivity contribution is 6.36. The third kappa shape index (κ3) is 3.73. The van der Waals surface area contributed by atoms with Gasteiger partial charge in [0.1, 0.15) is 6.61 Å². The number of ether oxygens (including phenoxy) is 1. The predicted octanol–water partition coefficient (Wildman–Crippen LogP) is 2.36. The second-order valence-corrected chi connectivity index (χ2v) is 3.36. The zero-order valence-electron chi connectivity index (χ0n) is 9.22. The summed E-state index contributed by atoms with van der Waals surface area (Å²) in [6, 6.07) is 9.36. The maximum atomic E-state index is 11.4. The third-order valence-electron chi connectivity index (χ3n) is 2.06. The van der Waals surface area contributed by atoms with Crippen LogP contribution in [0, 0.1) is 0 Å². The van der Waals surface area contributed by atoms with Crippen LogP contribution in [0.2, 0.25) is 0 Å². The predicted molar refractivity (Wildman–Crippen MR) is 60.4 cm³/mol. The van der Waals surface area contributed by atoms with E-state index in [1.807, 2.05) is 37.3 Å². The van der Waals surface area contributed by atoms with Crippen LogP contribution in [0.25, 0.3) is 0 Å². The molecule has 1 rings (SSSR count). The lowest BCUT2D eigenvalue weighted by molar-refractivity contribution is -0.137. The fourth-order valence-corrected chi connectivity index (χ4v) is 1.24. The highest BCUT2D eigenvalue weighted by Crippen LogP contribution is 2.02. The molecule has 0 amide bonds. The van der Waals surface area contributed by atoms with Crippen LogP contribution in [-0.2, 0) is 16.1 Å². The highest BCUT2D eigenvalue weighted by atomic mass is 16.5. The number of benzene rings is 1. The van der Waals surface area contributed by atoms with E-state index in [0.717, 1.165) is 12.0 Å². The Morgan fingerprint density at radius 3 is 2.62 bits per heavy atom. The number of hydrogen-bond donors (Lipinski definition) is 1. The molecular formula is C12H15NO3. The first kappa shape index (κ1) is 12.2. The summed E-state index contributed by atoms with van der Waals surface area (Å²) in [4.78, 5) is 11.4. The first-order valence-corrected chi connectivity index (χ1v) is 5.20. The summed E-state index contributed by atoms with van der Waals surface area (Å²) in [5.74, 6) is -0.562. The summed E-state index contributed by atoms with van der Waals surface area (Å²) in [5, 5.41) is 11.5. The lowest BCUT2D eigenvalue weighted by Gasteiger charge is -2.05. The Morgan fingerprint density at radius 1 is 1.38 bits per heavy atom. The van der Waals surface area contributed by atoms with Crippen molar-refractivity contribution in [1.29, 1.82) is 0 Å². The summed E-state index contributed by atoms with van der Waals surface area (Å²) in [5.41, 5.74) is 0.975. The molecular weight excluding hydrogens is 206 g/mol. The minimum absolute atomic E-state index is 0.0680. The van der Waals surface area contributed by atoms with Crippen molar-refractivity contribution in [3.8, 4) is 0 Å². The molecule has 0 aromatic heterocycles. The molecule has 0 aliphatic carbocycles. The van der Waals surface area contributed by atoms with Gasteiger partial charge in [0.2, 0.25) is 0 Å². The number of carbonyl (C=O) groups is 1. The number of hydrogen-bond acceptors (Lipinski definition) is 4. The zero-order chi connectivity index (χ0) is 11.8. The van der Waals surface area contributed by atoms with E-state index >= 15 is 0 Å². The largest absolute Gasteiger partial charge is 0.456 e. The monoisotopic (exact) mass is 221 g/mol. The topological polar surface area (TPSA) is 58.9 Å². The van der Waals surface area contributed by atoms with Gasteiger partial charge in [-0.3, -0.25) is 0 Å². The molecule has 4 heteroatoms. The maximum Gasteiger partial charge on any atom is 0.356 e. The van der Waals surface area contributed by atoms with Crippen molar-refractivity contribution in [2.24, 2.45) is 5.16 Å². The van der Waals surface area contributed by atoms with E-state index in [9.17, 15) is 4.79 Å². The first-order chi connectivity index (χ1) is 7.77. The Kier molecular flexibility index (Phi) is 5.05. The Labute approximate surface area is 94.5 Å². The van der Waals surface area contributed by atoms with Crippen LogP contribution in [-0.4, -0.2) is 16.9 Å². The Balaban J connectivity index is 2.46. The quantitative estimate of drug-likeness (QED) is 0.359. The standard InChI is InChI=1S/C12H15NO3/c1-2-6-11(13-15)12(14)16-9-10-7-4-3-5-8-10/h3-5,7-8,15H,2,6,9H2,1H3. The summed E-state index contributed by atoms with van der Waals surface area (Å²) in [7, 11) is 0. The molecule has 0 radical (unpaired) electrons. The third-order valence-corrected chi connectivity index (χ3v) is 2.06. The molecule has 4 nitrogen and oxygen atoms in total. The van der Waals surface area contributed by atoms with E-state index in [0.29, 0.717) is 6.42 Å². The average molecular weight is 221 g/mol. The highest BCUT2D eigenvalue weighted by Gasteiger charge is 2.12.